The Morgan fingerprint density at radius 2 is 1.72 bits per heavy atom. The molecule has 7 nitrogen and oxygen atoms in total. The van der Waals surface area contributed by atoms with Gasteiger partial charge in [0.05, 0.1) is 17.5 Å². The first-order valence-electron chi connectivity index (χ1n) is 10.6. The molecule has 2 saturated carbocycles. The summed E-state index contributed by atoms with van der Waals surface area (Å²) in [6, 6.07) is 7.69. The minimum absolute atomic E-state index is 0.0208. The summed E-state index contributed by atoms with van der Waals surface area (Å²) in [5.41, 5.74) is 8.19. The number of amides is 1. The van der Waals surface area contributed by atoms with Crippen LogP contribution in [0.4, 0.5) is 4.79 Å². The molecule has 0 atom stereocenters. The molecule has 3 rings (SSSR count). The lowest BCUT2D eigenvalue weighted by atomic mass is 9.98. The third kappa shape index (κ3) is 6.29. The number of carbonyl (C=O) groups is 1. The number of hydrogen-bond acceptors (Lipinski definition) is 6. The monoisotopic (exact) mass is 402 g/mol. The molecule has 0 heterocycles. The number of ether oxygens (including phenoxy) is 2. The van der Waals surface area contributed by atoms with Gasteiger partial charge < -0.3 is 25.1 Å². The lowest BCUT2D eigenvalue weighted by Crippen LogP contribution is -2.34. The Bertz CT molecular complexity index is 707. The third-order valence-corrected chi connectivity index (χ3v) is 5.63. The first-order valence-corrected chi connectivity index (χ1v) is 10.6. The van der Waals surface area contributed by atoms with Gasteiger partial charge in [-0.25, -0.2) is 10.6 Å². The average Bonchev–Trinajstić information content (AvgIpc) is 3.53. The lowest BCUT2D eigenvalue weighted by molar-refractivity contribution is 0.112. The van der Waals surface area contributed by atoms with E-state index in [0.29, 0.717) is 23.4 Å². The first-order chi connectivity index (χ1) is 13.9. The Hall–Kier alpha value is -2.41. The molecule has 0 aromatic heterocycles. The molecule has 1 aromatic carbocycles. The summed E-state index contributed by atoms with van der Waals surface area (Å²) in [4.78, 5) is 13.8. The fourth-order valence-corrected chi connectivity index (χ4v) is 3.63. The molecule has 7 heteroatoms. The number of carbonyl (C=O) groups excluding carboxylic acids is 1. The summed E-state index contributed by atoms with van der Waals surface area (Å²) < 4.78 is 11.5. The predicted molar refractivity (Wildman–Crippen MR) is 114 cm³/mol. The van der Waals surface area contributed by atoms with Crippen LogP contribution in [-0.2, 0) is 4.74 Å². The van der Waals surface area contributed by atoms with E-state index in [9.17, 15) is 4.79 Å². The standard InChI is InChI=1S/C22H34N4O3/c1-25(14-16-8-9-16)22(27)28-15-20(26(2)24)21(23)17-10-12-19(13-11-17)29-18-6-4-3-5-7-18/h10-13,16,18H,3-9,14-15,23-24H2,1-2H3/b21-20-. The highest BCUT2D eigenvalue weighted by Crippen LogP contribution is 2.29. The molecule has 1 amide bonds. The summed E-state index contributed by atoms with van der Waals surface area (Å²) in [5, 5.41) is 1.40. The van der Waals surface area contributed by atoms with Crippen molar-refractivity contribution in [1.29, 1.82) is 0 Å². The highest BCUT2D eigenvalue weighted by atomic mass is 16.6. The van der Waals surface area contributed by atoms with E-state index in [4.69, 9.17) is 21.1 Å². The second kappa shape index (κ2) is 9.87. The maximum absolute atomic E-state index is 12.2. The molecule has 29 heavy (non-hydrogen) atoms. The zero-order chi connectivity index (χ0) is 20.8. The normalized spacial score (nSPS) is 18.0. The van der Waals surface area contributed by atoms with Crippen molar-refractivity contribution >= 4 is 11.8 Å². The van der Waals surface area contributed by atoms with Crippen LogP contribution in [0, 0.1) is 5.92 Å². The fourth-order valence-electron chi connectivity index (χ4n) is 3.63. The molecule has 2 aliphatic rings. The van der Waals surface area contributed by atoms with E-state index >= 15 is 0 Å². The molecule has 4 N–H and O–H groups in total. The van der Waals surface area contributed by atoms with Gasteiger partial charge in [0.25, 0.3) is 0 Å². The van der Waals surface area contributed by atoms with Crippen molar-refractivity contribution in [3.05, 3.63) is 35.5 Å². The molecule has 0 bridgehead atoms. The molecule has 0 unspecified atom stereocenters. The largest absolute Gasteiger partial charge is 0.490 e. The molecular formula is C22H34N4O3. The summed E-state index contributed by atoms with van der Waals surface area (Å²) in [6.07, 6.45) is 8.32. The van der Waals surface area contributed by atoms with Gasteiger partial charge in [0.2, 0.25) is 0 Å². The Morgan fingerprint density at radius 3 is 2.31 bits per heavy atom. The second-order valence-corrected chi connectivity index (χ2v) is 8.25. The number of hydrazine groups is 1. The highest BCUT2D eigenvalue weighted by Gasteiger charge is 2.25. The van der Waals surface area contributed by atoms with Crippen LogP contribution >= 0.6 is 0 Å². The first kappa shape index (κ1) is 21.3. The number of benzene rings is 1. The van der Waals surface area contributed by atoms with Gasteiger partial charge in [-0.15, -0.1) is 0 Å². The number of likely N-dealkylation sites (N-methyl/N-ethyl adjacent to an activating group) is 1. The topological polar surface area (TPSA) is 94.0 Å². The number of hydrogen-bond donors (Lipinski definition) is 2. The minimum atomic E-state index is -0.361. The van der Waals surface area contributed by atoms with Crippen LogP contribution in [0.15, 0.2) is 30.0 Å². The van der Waals surface area contributed by atoms with E-state index in [-0.39, 0.29) is 12.7 Å². The summed E-state index contributed by atoms with van der Waals surface area (Å²) in [6.45, 7) is 0.751. The van der Waals surface area contributed by atoms with Crippen LogP contribution in [0.5, 0.6) is 5.75 Å². The Kier molecular flexibility index (Phi) is 7.25. The highest BCUT2D eigenvalue weighted by molar-refractivity contribution is 5.69. The molecule has 0 radical (unpaired) electrons. The van der Waals surface area contributed by atoms with Crippen LogP contribution in [0.25, 0.3) is 5.70 Å². The molecule has 1 aromatic rings. The molecule has 2 aliphatic carbocycles. The predicted octanol–water partition coefficient (Wildman–Crippen LogP) is 3.31. The molecule has 0 saturated heterocycles. The molecule has 0 spiro atoms. The van der Waals surface area contributed by atoms with Crippen molar-refractivity contribution in [3.8, 4) is 5.75 Å². The smallest absolute Gasteiger partial charge is 0.409 e. The number of nitrogens with two attached hydrogens (primary N) is 2. The minimum Gasteiger partial charge on any atom is -0.490 e. The lowest BCUT2D eigenvalue weighted by Gasteiger charge is -2.23. The molecular weight excluding hydrogens is 368 g/mol. The molecule has 0 aliphatic heterocycles. The van der Waals surface area contributed by atoms with Crippen molar-refractivity contribution in [2.24, 2.45) is 17.5 Å². The zero-order valence-electron chi connectivity index (χ0n) is 17.6. The Balaban J connectivity index is 1.61. The van der Waals surface area contributed by atoms with Crippen LogP contribution in [0.3, 0.4) is 0 Å². The van der Waals surface area contributed by atoms with Gasteiger partial charge in [-0.1, -0.05) is 6.42 Å². The van der Waals surface area contributed by atoms with Crippen LogP contribution in [0.1, 0.15) is 50.5 Å². The van der Waals surface area contributed by atoms with Crippen molar-refractivity contribution in [2.45, 2.75) is 51.0 Å². The average molecular weight is 403 g/mol. The van der Waals surface area contributed by atoms with Gasteiger partial charge >= 0.3 is 6.09 Å². The van der Waals surface area contributed by atoms with E-state index in [1.807, 2.05) is 24.3 Å². The second-order valence-electron chi connectivity index (χ2n) is 8.25. The van der Waals surface area contributed by atoms with Gasteiger partial charge in [0, 0.05) is 20.6 Å². The van der Waals surface area contributed by atoms with E-state index in [1.165, 1.54) is 37.1 Å². The SMILES string of the molecule is CN(CC1CC1)C(=O)OC/C(=C(/N)c1ccc(OC2CCCCC2)cc1)N(C)N. The van der Waals surface area contributed by atoms with Gasteiger partial charge in [-0.2, -0.15) is 0 Å². The zero-order valence-corrected chi connectivity index (χ0v) is 17.6. The van der Waals surface area contributed by atoms with Gasteiger partial charge in [-0.3, -0.25) is 0 Å². The third-order valence-electron chi connectivity index (χ3n) is 5.63. The summed E-state index contributed by atoms with van der Waals surface area (Å²) in [7, 11) is 3.44. The summed E-state index contributed by atoms with van der Waals surface area (Å²) >= 11 is 0. The summed E-state index contributed by atoms with van der Waals surface area (Å²) in [5.74, 6) is 7.41. The van der Waals surface area contributed by atoms with Crippen molar-refractivity contribution in [2.75, 3.05) is 27.2 Å². The molecule has 2 fully saturated rings. The van der Waals surface area contributed by atoms with E-state index < -0.39 is 0 Å². The maximum atomic E-state index is 12.2. The van der Waals surface area contributed by atoms with Crippen molar-refractivity contribution in [1.82, 2.24) is 9.91 Å². The quantitative estimate of drug-likeness (QED) is 0.512. The fraction of sp³-hybridized carbons (Fsp3) is 0.591. The maximum Gasteiger partial charge on any atom is 0.409 e. The van der Waals surface area contributed by atoms with Crippen LogP contribution in [-0.4, -0.2) is 49.4 Å². The Morgan fingerprint density at radius 1 is 1.07 bits per heavy atom. The van der Waals surface area contributed by atoms with E-state index in [2.05, 4.69) is 0 Å². The Labute approximate surface area is 173 Å². The van der Waals surface area contributed by atoms with Gasteiger partial charge in [-0.05, 0) is 74.3 Å². The van der Waals surface area contributed by atoms with E-state index in [0.717, 1.165) is 30.7 Å². The van der Waals surface area contributed by atoms with Crippen molar-refractivity contribution < 1.29 is 14.3 Å². The molecule has 160 valence electrons. The van der Waals surface area contributed by atoms with Gasteiger partial charge in [0.15, 0.2) is 0 Å². The number of rotatable bonds is 8. The number of nitrogens with zero attached hydrogens (tertiary/aromatic N) is 2. The van der Waals surface area contributed by atoms with Crippen LogP contribution < -0.4 is 16.3 Å². The van der Waals surface area contributed by atoms with Crippen LogP contribution in [0.2, 0.25) is 0 Å². The van der Waals surface area contributed by atoms with Crippen molar-refractivity contribution in [3.63, 3.8) is 0 Å². The van der Waals surface area contributed by atoms with E-state index in [1.54, 1.807) is 19.0 Å². The van der Waals surface area contributed by atoms with Gasteiger partial charge in [0.1, 0.15) is 12.4 Å².